The molecule has 0 unspecified atom stereocenters. The lowest BCUT2D eigenvalue weighted by Gasteiger charge is -2.07. The zero-order valence-electron chi connectivity index (χ0n) is 9.74. The number of ether oxygens (including phenoxy) is 2. The fraction of sp³-hybridized carbons (Fsp3) is 0.429. The van der Waals surface area contributed by atoms with Crippen molar-refractivity contribution in [3.8, 4) is 23.8 Å². The first-order valence-corrected chi connectivity index (χ1v) is 5.66. The van der Waals surface area contributed by atoms with Gasteiger partial charge in [0.1, 0.15) is 11.5 Å². The number of hydrogen-bond donors (Lipinski definition) is 0. The molecule has 0 aliphatic carbocycles. The number of hydrogen-bond acceptors (Lipinski definition) is 2. The molecule has 0 N–H and O–H groups in total. The third-order valence-corrected chi connectivity index (χ3v) is 2.03. The molecule has 0 spiro atoms. The summed E-state index contributed by atoms with van der Waals surface area (Å²) >= 11 is 0. The largest absolute Gasteiger partial charge is 0.494 e. The molecule has 2 nitrogen and oxygen atoms in total. The van der Waals surface area contributed by atoms with Crippen molar-refractivity contribution in [3.63, 3.8) is 0 Å². The minimum Gasteiger partial charge on any atom is -0.494 e. The predicted molar refractivity (Wildman–Crippen MR) is 65.8 cm³/mol. The van der Waals surface area contributed by atoms with Crippen molar-refractivity contribution in [2.45, 2.75) is 26.2 Å². The number of rotatable bonds is 7. The maximum atomic E-state index is 5.52. The Labute approximate surface area is 97.6 Å². The van der Waals surface area contributed by atoms with Crippen molar-refractivity contribution in [2.24, 2.45) is 0 Å². The first kappa shape index (κ1) is 12.4. The summed E-state index contributed by atoms with van der Waals surface area (Å²) in [7, 11) is 0. The molecule has 0 radical (unpaired) electrons. The van der Waals surface area contributed by atoms with E-state index in [4.69, 9.17) is 15.9 Å². The quantitative estimate of drug-likeness (QED) is 0.516. The van der Waals surface area contributed by atoms with Crippen LogP contribution in [0.1, 0.15) is 26.2 Å². The highest BCUT2D eigenvalue weighted by Gasteiger charge is 1.95. The van der Waals surface area contributed by atoms with E-state index in [1.54, 1.807) is 0 Å². The lowest BCUT2D eigenvalue weighted by molar-refractivity contribution is 0.306. The highest BCUT2D eigenvalue weighted by Crippen LogP contribution is 2.17. The monoisotopic (exact) mass is 218 g/mol. The van der Waals surface area contributed by atoms with Crippen LogP contribution in [0.2, 0.25) is 0 Å². The average Bonchev–Trinajstić information content (AvgIpc) is 2.33. The van der Waals surface area contributed by atoms with E-state index in [0.717, 1.165) is 37.4 Å². The zero-order valence-corrected chi connectivity index (χ0v) is 9.74. The normalized spacial score (nSPS) is 9.50. The van der Waals surface area contributed by atoms with Crippen LogP contribution in [0.3, 0.4) is 0 Å². The predicted octanol–water partition coefficient (Wildman–Crippen LogP) is 3.27. The molecule has 0 aliphatic heterocycles. The van der Waals surface area contributed by atoms with Crippen LogP contribution >= 0.6 is 0 Å². The van der Waals surface area contributed by atoms with E-state index in [1.807, 2.05) is 24.3 Å². The van der Waals surface area contributed by atoms with Crippen molar-refractivity contribution in [2.75, 3.05) is 13.2 Å². The third-order valence-electron chi connectivity index (χ3n) is 2.03. The van der Waals surface area contributed by atoms with Crippen LogP contribution in [0.25, 0.3) is 0 Å². The molecule has 0 atom stereocenters. The van der Waals surface area contributed by atoms with Gasteiger partial charge in [-0.2, -0.15) is 0 Å². The van der Waals surface area contributed by atoms with Crippen LogP contribution in [0.15, 0.2) is 24.3 Å². The lowest BCUT2D eigenvalue weighted by atomic mass is 10.3. The van der Waals surface area contributed by atoms with E-state index in [0.29, 0.717) is 6.61 Å². The highest BCUT2D eigenvalue weighted by molar-refractivity contribution is 5.31. The van der Waals surface area contributed by atoms with Gasteiger partial charge in [0.05, 0.1) is 13.2 Å². The Morgan fingerprint density at radius 3 is 2.12 bits per heavy atom. The Bertz CT molecular complexity index is 322. The van der Waals surface area contributed by atoms with Gasteiger partial charge in [-0.3, -0.25) is 0 Å². The molecule has 86 valence electrons. The highest BCUT2D eigenvalue weighted by atomic mass is 16.5. The fourth-order valence-electron chi connectivity index (χ4n) is 1.22. The molecule has 0 fully saturated rings. The van der Waals surface area contributed by atoms with E-state index < -0.39 is 0 Å². The van der Waals surface area contributed by atoms with Crippen LogP contribution in [-0.4, -0.2) is 13.2 Å². The van der Waals surface area contributed by atoms with Crippen LogP contribution in [-0.2, 0) is 0 Å². The van der Waals surface area contributed by atoms with Gasteiger partial charge in [0.25, 0.3) is 0 Å². The molecule has 0 saturated carbocycles. The SMILES string of the molecule is C#CCCCOc1ccc(OCCC)cc1. The molecular formula is C14H18O2. The van der Waals surface area contributed by atoms with Crippen molar-refractivity contribution < 1.29 is 9.47 Å². The smallest absolute Gasteiger partial charge is 0.119 e. The topological polar surface area (TPSA) is 18.5 Å². The standard InChI is InChI=1S/C14H18O2/c1-3-5-6-12-16-14-9-7-13(8-10-14)15-11-4-2/h1,7-10H,4-6,11-12H2,2H3. The first-order valence-electron chi connectivity index (χ1n) is 5.66. The Balaban J connectivity index is 2.31. The molecule has 0 heterocycles. The Morgan fingerprint density at radius 2 is 1.62 bits per heavy atom. The minimum atomic E-state index is 0.666. The molecule has 16 heavy (non-hydrogen) atoms. The van der Waals surface area contributed by atoms with Crippen molar-refractivity contribution >= 4 is 0 Å². The van der Waals surface area contributed by atoms with Gasteiger partial charge in [-0.1, -0.05) is 6.92 Å². The zero-order chi connectivity index (χ0) is 11.6. The summed E-state index contributed by atoms with van der Waals surface area (Å²) < 4.78 is 11.0. The van der Waals surface area contributed by atoms with Crippen LogP contribution in [0.4, 0.5) is 0 Å². The Morgan fingerprint density at radius 1 is 1.06 bits per heavy atom. The van der Waals surface area contributed by atoms with E-state index in [2.05, 4.69) is 12.8 Å². The number of unbranched alkanes of at least 4 members (excludes halogenated alkanes) is 1. The minimum absolute atomic E-state index is 0.666. The first-order chi connectivity index (χ1) is 7.86. The molecule has 0 aromatic heterocycles. The van der Waals surface area contributed by atoms with Crippen LogP contribution in [0.5, 0.6) is 11.5 Å². The summed E-state index contributed by atoms with van der Waals surface area (Å²) in [5, 5.41) is 0. The van der Waals surface area contributed by atoms with Crippen LogP contribution < -0.4 is 9.47 Å². The maximum absolute atomic E-state index is 5.52. The Hall–Kier alpha value is -1.62. The summed E-state index contributed by atoms with van der Waals surface area (Å²) in [6.07, 6.45) is 7.83. The fourth-order valence-corrected chi connectivity index (χ4v) is 1.22. The summed E-state index contributed by atoms with van der Waals surface area (Å²) in [6, 6.07) is 7.68. The molecule has 1 rings (SSSR count). The van der Waals surface area contributed by atoms with Crippen molar-refractivity contribution in [3.05, 3.63) is 24.3 Å². The summed E-state index contributed by atoms with van der Waals surface area (Å²) in [5.41, 5.74) is 0. The average molecular weight is 218 g/mol. The maximum Gasteiger partial charge on any atom is 0.119 e. The molecule has 0 bridgehead atoms. The van der Waals surface area contributed by atoms with Gasteiger partial charge in [0.15, 0.2) is 0 Å². The molecule has 0 amide bonds. The number of terminal acetylenes is 1. The molecule has 2 heteroatoms. The molecule has 0 saturated heterocycles. The molecular weight excluding hydrogens is 200 g/mol. The van der Waals surface area contributed by atoms with E-state index in [9.17, 15) is 0 Å². The second kappa shape index (κ2) is 7.64. The van der Waals surface area contributed by atoms with Gasteiger partial charge in [0.2, 0.25) is 0 Å². The van der Waals surface area contributed by atoms with Gasteiger partial charge >= 0.3 is 0 Å². The van der Waals surface area contributed by atoms with Gasteiger partial charge in [-0.15, -0.1) is 12.3 Å². The summed E-state index contributed by atoms with van der Waals surface area (Å²) in [6.45, 7) is 3.50. The summed E-state index contributed by atoms with van der Waals surface area (Å²) in [4.78, 5) is 0. The van der Waals surface area contributed by atoms with Gasteiger partial charge in [-0.05, 0) is 37.1 Å². The Kier molecular flexibility index (Phi) is 5.95. The second-order valence-electron chi connectivity index (χ2n) is 3.48. The van der Waals surface area contributed by atoms with Crippen molar-refractivity contribution in [1.82, 2.24) is 0 Å². The van der Waals surface area contributed by atoms with Crippen LogP contribution in [0, 0.1) is 12.3 Å². The number of benzene rings is 1. The van der Waals surface area contributed by atoms with E-state index in [1.165, 1.54) is 0 Å². The van der Waals surface area contributed by atoms with Gasteiger partial charge < -0.3 is 9.47 Å². The molecule has 1 aromatic rings. The van der Waals surface area contributed by atoms with E-state index >= 15 is 0 Å². The van der Waals surface area contributed by atoms with E-state index in [-0.39, 0.29) is 0 Å². The van der Waals surface area contributed by atoms with Gasteiger partial charge in [0, 0.05) is 6.42 Å². The molecule has 0 aliphatic rings. The van der Waals surface area contributed by atoms with Gasteiger partial charge in [-0.25, -0.2) is 0 Å². The molecule has 1 aromatic carbocycles. The van der Waals surface area contributed by atoms with Crippen molar-refractivity contribution in [1.29, 1.82) is 0 Å². The lowest BCUT2D eigenvalue weighted by Crippen LogP contribution is -1.97. The second-order valence-corrected chi connectivity index (χ2v) is 3.48. The summed E-state index contributed by atoms with van der Waals surface area (Å²) in [5.74, 6) is 4.34. The third kappa shape index (κ3) is 4.75.